The zero-order chi connectivity index (χ0) is 13.2. The Labute approximate surface area is 115 Å². The summed E-state index contributed by atoms with van der Waals surface area (Å²) in [7, 11) is 0. The second-order valence-corrected chi connectivity index (χ2v) is 6.41. The number of hydrogen-bond donors (Lipinski definition) is 1. The van der Waals surface area contributed by atoms with Crippen LogP contribution >= 0.6 is 0 Å². The Kier molecular flexibility index (Phi) is 4.08. The van der Waals surface area contributed by atoms with Crippen LogP contribution in [0.1, 0.15) is 39.0 Å². The molecule has 0 bridgehead atoms. The molecule has 0 radical (unpaired) electrons. The van der Waals surface area contributed by atoms with Crippen molar-refractivity contribution in [2.75, 3.05) is 26.2 Å². The van der Waals surface area contributed by atoms with Gasteiger partial charge in [0.2, 0.25) is 5.91 Å². The van der Waals surface area contributed by atoms with Crippen LogP contribution in [0.5, 0.6) is 0 Å². The van der Waals surface area contributed by atoms with Crippen molar-refractivity contribution in [3.63, 3.8) is 0 Å². The fraction of sp³-hybridized carbons (Fsp3) is 0.933. The number of likely N-dealkylation sites (tertiary alicyclic amines) is 1. The van der Waals surface area contributed by atoms with E-state index in [9.17, 15) is 4.79 Å². The van der Waals surface area contributed by atoms with E-state index in [0.29, 0.717) is 24.5 Å². The van der Waals surface area contributed by atoms with E-state index in [1.54, 1.807) is 0 Å². The van der Waals surface area contributed by atoms with Crippen LogP contribution in [0.3, 0.4) is 0 Å². The van der Waals surface area contributed by atoms with Crippen molar-refractivity contribution in [2.24, 2.45) is 11.8 Å². The number of carbonyl (C=O) groups is 1. The van der Waals surface area contributed by atoms with Gasteiger partial charge in [-0.05, 0) is 58.0 Å². The molecule has 1 N–H and O–H groups in total. The van der Waals surface area contributed by atoms with E-state index >= 15 is 0 Å². The first-order valence-electron chi connectivity index (χ1n) is 7.88. The number of nitrogens with one attached hydrogen (secondary N) is 1. The zero-order valence-electron chi connectivity index (χ0n) is 11.9. The van der Waals surface area contributed by atoms with Gasteiger partial charge in [-0.25, -0.2) is 0 Å². The second-order valence-electron chi connectivity index (χ2n) is 6.41. The van der Waals surface area contributed by atoms with Crippen LogP contribution < -0.4 is 5.32 Å². The summed E-state index contributed by atoms with van der Waals surface area (Å²) in [6.45, 7) is 5.91. The van der Waals surface area contributed by atoms with E-state index in [1.807, 2.05) is 0 Å². The van der Waals surface area contributed by atoms with Crippen molar-refractivity contribution in [2.45, 2.75) is 51.2 Å². The monoisotopic (exact) mass is 266 g/mol. The third kappa shape index (κ3) is 2.79. The van der Waals surface area contributed by atoms with Gasteiger partial charge in [0.15, 0.2) is 0 Å². The largest absolute Gasteiger partial charge is 0.378 e. The molecule has 0 spiro atoms. The van der Waals surface area contributed by atoms with Crippen LogP contribution in [0.4, 0.5) is 0 Å². The zero-order valence-corrected chi connectivity index (χ0v) is 11.9. The molecule has 3 fully saturated rings. The maximum Gasteiger partial charge on any atom is 0.228 e. The van der Waals surface area contributed by atoms with Crippen LogP contribution in [0.25, 0.3) is 0 Å². The summed E-state index contributed by atoms with van der Waals surface area (Å²) in [6, 6.07) is 0.505. The van der Waals surface area contributed by atoms with Gasteiger partial charge in [0.1, 0.15) is 0 Å². The minimum absolute atomic E-state index is 0.123. The van der Waals surface area contributed by atoms with E-state index in [0.717, 1.165) is 26.1 Å². The van der Waals surface area contributed by atoms with E-state index in [1.165, 1.54) is 25.7 Å². The van der Waals surface area contributed by atoms with Crippen LogP contribution in [-0.4, -0.2) is 49.2 Å². The SMILES string of the molecule is CC1CC(C(=O)N2CCCC2C2CCNCC2)CO1. The summed E-state index contributed by atoms with van der Waals surface area (Å²) >= 11 is 0. The summed E-state index contributed by atoms with van der Waals surface area (Å²) in [5, 5.41) is 3.42. The normalized spacial score (nSPS) is 36.9. The van der Waals surface area contributed by atoms with Gasteiger partial charge in [0.05, 0.1) is 18.6 Å². The Bertz CT molecular complexity index is 328. The van der Waals surface area contributed by atoms with Gasteiger partial charge in [0, 0.05) is 12.6 Å². The molecular formula is C15H26N2O2. The van der Waals surface area contributed by atoms with E-state index in [-0.39, 0.29) is 12.0 Å². The Morgan fingerprint density at radius 1 is 1.26 bits per heavy atom. The van der Waals surface area contributed by atoms with E-state index in [4.69, 9.17) is 4.74 Å². The van der Waals surface area contributed by atoms with Crippen molar-refractivity contribution in [1.29, 1.82) is 0 Å². The van der Waals surface area contributed by atoms with Gasteiger partial charge < -0.3 is 15.0 Å². The Morgan fingerprint density at radius 2 is 2.05 bits per heavy atom. The molecule has 4 nitrogen and oxygen atoms in total. The topological polar surface area (TPSA) is 41.6 Å². The van der Waals surface area contributed by atoms with Crippen LogP contribution in [0, 0.1) is 11.8 Å². The van der Waals surface area contributed by atoms with Crippen LogP contribution in [0.2, 0.25) is 0 Å². The first kappa shape index (κ1) is 13.4. The highest BCUT2D eigenvalue weighted by atomic mass is 16.5. The van der Waals surface area contributed by atoms with Crippen molar-refractivity contribution in [1.82, 2.24) is 10.2 Å². The number of ether oxygens (including phenoxy) is 1. The molecule has 1 amide bonds. The summed E-state index contributed by atoms with van der Waals surface area (Å²) in [6.07, 6.45) is 6.02. The third-order valence-electron chi connectivity index (χ3n) is 5.06. The number of hydrogen-bond acceptors (Lipinski definition) is 3. The Balaban J connectivity index is 1.63. The van der Waals surface area contributed by atoms with Crippen molar-refractivity contribution in [3.8, 4) is 0 Å². The predicted octanol–water partition coefficient (Wildman–Crippen LogP) is 1.40. The summed E-state index contributed by atoms with van der Waals surface area (Å²) in [4.78, 5) is 14.9. The number of rotatable bonds is 2. The van der Waals surface area contributed by atoms with Crippen molar-refractivity contribution >= 4 is 5.91 Å². The highest BCUT2D eigenvalue weighted by Crippen LogP contribution is 2.32. The predicted molar refractivity (Wildman–Crippen MR) is 73.8 cm³/mol. The molecule has 0 saturated carbocycles. The molecule has 0 aromatic heterocycles. The van der Waals surface area contributed by atoms with Gasteiger partial charge in [-0.1, -0.05) is 0 Å². The first-order chi connectivity index (χ1) is 9.25. The minimum Gasteiger partial charge on any atom is -0.378 e. The lowest BCUT2D eigenvalue weighted by Gasteiger charge is -2.35. The summed E-state index contributed by atoms with van der Waals surface area (Å²) < 4.78 is 5.57. The Hall–Kier alpha value is -0.610. The number of nitrogens with zero attached hydrogens (tertiary/aromatic N) is 1. The molecule has 3 aliphatic rings. The lowest BCUT2D eigenvalue weighted by atomic mass is 9.88. The van der Waals surface area contributed by atoms with Gasteiger partial charge in [-0.3, -0.25) is 4.79 Å². The van der Waals surface area contributed by atoms with Gasteiger partial charge in [-0.2, -0.15) is 0 Å². The van der Waals surface area contributed by atoms with Gasteiger partial charge >= 0.3 is 0 Å². The highest BCUT2D eigenvalue weighted by Gasteiger charge is 2.39. The molecule has 3 rings (SSSR count). The molecule has 3 atom stereocenters. The van der Waals surface area contributed by atoms with E-state index < -0.39 is 0 Å². The van der Waals surface area contributed by atoms with Crippen LogP contribution in [-0.2, 0) is 9.53 Å². The third-order valence-corrected chi connectivity index (χ3v) is 5.06. The lowest BCUT2D eigenvalue weighted by Crippen LogP contribution is -2.46. The van der Waals surface area contributed by atoms with Gasteiger partial charge in [0.25, 0.3) is 0 Å². The number of piperidine rings is 1. The lowest BCUT2D eigenvalue weighted by molar-refractivity contribution is -0.137. The Morgan fingerprint density at radius 3 is 2.74 bits per heavy atom. The standard InChI is InChI=1S/C15H26N2O2/c1-11-9-13(10-19-11)15(18)17-8-2-3-14(17)12-4-6-16-7-5-12/h11-14,16H,2-10H2,1H3. The van der Waals surface area contributed by atoms with Crippen molar-refractivity contribution < 1.29 is 9.53 Å². The quantitative estimate of drug-likeness (QED) is 0.821. The maximum absolute atomic E-state index is 12.7. The molecule has 19 heavy (non-hydrogen) atoms. The second kappa shape index (κ2) is 5.80. The summed E-state index contributed by atoms with van der Waals surface area (Å²) in [5.41, 5.74) is 0. The molecule has 3 heterocycles. The van der Waals surface area contributed by atoms with Crippen molar-refractivity contribution in [3.05, 3.63) is 0 Å². The fourth-order valence-electron chi connectivity index (χ4n) is 4.01. The number of carbonyl (C=O) groups excluding carboxylic acids is 1. The first-order valence-corrected chi connectivity index (χ1v) is 7.88. The molecule has 0 aromatic rings. The smallest absolute Gasteiger partial charge is 0.228 e. The molecule has 3 saturated heterocycles. The number of amides is 1. The van der Waals surface area contributed by atoms with Gasteiger partial charge in [-0.15, -0.1) is 0 Å². The molecule has 0 aliphatic carbocycles. The average molecular weight is 266 g/mol. The molecule has 0 aromatic carbocycles. The highest BCUT2D eigenvalue weighted by molar-refractivity contribution is 5.80. The summed E-state index contributed by atoms with van der Waals surface area (Å²) in [5.74, 6) is 1.20. The van der Waals surface area contributed by atoms with E-state index in [2.05, 4.69) is 17.1 Å². The molecular weight excluding hydrogens is 240 g/mol. The fourth-order valence-corrected chi connectivity index (χ4v) is 4.01. The molecule has 3 aliphatic heterocycles. The minimum atomic E-state index is 0.123. The van der Waals surface area contributed by atoms with Crippen LogP contribution in [0.15, 0.2) is 0 Å². The average Bonchev–Trinajstić information content (AvgIpc) is 3.07. The molecule has 3 unspecified atom stereocenters. The molecule has 4 heteroatoms. The maximum atomic E-state index is 12.7. The molecule has 108 valence electrons.